The topological polar surface area (TPSA) is 67.4 Å². The Hall–Kier alpha value is -3.35. The van der Waals surface area contributed by atoms with E-state index in [-0.39, 0.29) is 10.9 Å². The third-order valence-electron chi connectivity index (χ3n) is 5.72. The highest BCUT2D eigenvalue weighted by atomic mass is 32.2. The minimum Gasteiger partial charge on any atom is -0.497 e. The van der Waals surface area contributed by atoms with Crippen LogP contribution in [-0.4, -0.2) is 15.5 Å². The smallest absolute Gasteiger partial charge is 0.241 e. The van der Waals surface area contributed by atoms with E-state index < -0.39 is 16.1 Å². The molecule has 0 heterocycles. The van der Waals surface area contributed by atoms with E-state index in [1.807, 2.05) is 42.5 Å². The largest absolute Gasteiger partial charge is 0.497 e. The third-order valence-corrected chi connectivity index (χ3v) is 7.18. The second-order valence-electron chi connectivity index (χ2n) is 7.56. The predicted molar refractivity (Wildman–Crippen MR) is 123 cm³/mol. The summed E-state index contributed by atoms with van der Waals surface area (Å²) in [5, 5.41) is 5.73. The highest BCUT2D eigenvalue weighted by Gasteiger charge is 2.37. The van der Waals surface area contributed by atoms with Crippen LogP contribution in [0, 0.1) is 0 Å². The number of ether oxygens (including phenoxy) is 1. The van der Waals surface area contributed by atoms with Crippen LogP contribution in [0.1, 0.15) is 23.2 Å². The van der Waals surface area contributed by atoms with Gasteiger partial charge >= 0.3 is 0 Å². The van der Waals surface area contributed by atoms with Gasteiger partial charge in [-0.3, -0.25) is 0 Å². The zero-order valence-electron chi connectivity index (χ0n) is 16.9. The summed E-state index contributed by atoms with van der Waals surface area (Å²) >= 11 is 0. The van der Waals surface area contributed by atoms with Crippen LogP contribution in [0.2, 0.25) is 0 Å². The minimum atomic E-state index is -3.70. The molecule has 1 aliphatic rings. The van der Waals surface area contributed by atoms with Crippen LogP contribution in [0.25, 0.3) is 10.8 Å². The molecule has 6 heteroatoms. The van der Waals surface area contributed by atoms with E-state index in [4.69, 9.17) is 4.74 Å². The molecule has 5 rings (SSSR count). The molecule has 4 aromatic carbocycles. The average Bonchev–Trinajstić information content (AvgIpc) is 3.09. The Morgan fingerprint density at radius 2 is 1.39 bits per heavy atom. The number of sulfonamides is 1. The molecule has 31 heavy (non-hydrogen) atoms. The van der Waals surface area contributed by atoms with Crippen LogP contribution in [0.4, 0.5) is 5.69 Å². The number of hydrogen-bond donors (Lipinski definition) is 2. The molecule has 156 valence electrons. The second kappa shape index (κ2) is 7.72. The molecule has 0 saturated heterocycles. The van der Waals surface area contributed by atoms with Crippen LogP contribution >= 0.6 is 0 Å². The fourth-order valence-corrected chi connectivity index (χ4v) is 5.52. The molecule has 2 N–H and O–H groups in total. The van der Waals surface area contributed by atoms with Gasteiger partial charge in [-0.1, -0.05) is 54.6 Å². The molecule has 0 aliphatic heterocycles. The first-order valence-electron chi connectivity index (χ1n) is 10.1. The monoisotopic (exact) mass is 430 g/mol. The molecule has 0 saturated carbocycles. The average molecular weight is 431 g/mol. The number of rotatable bonds is 6. The standard InChI is InChI=1S/C25H22N2O3S/c1-30-19-15-13-18(14-16-19)26-24-21-11-5-7-17-8-6-12-22(23(17)21)25(24)27-31(28,29)20-9-3-2-4-10-20/h2-16,24-27H,1H3. The Morgan fingerprint density at radius 3 is 2.03 bits per heavy atom. The summed E-state index contributed by atoms with van der Waals surface area (Å²) in [4.78, 5) is 0.251. The van der Waals surface area contributed by atoms with Crippen LogP contribution in [0.3, 0.4) is 0 Å². The molecule has 0 fully saturated rings. The van der Waals surface area contributed by atoms with Crippen LogP contribution in [-0.2, 0) is 10.0 Å². The van der Waals surface area contributed by atoms with E-state index in [2.05, 4.69) is 28.2 Å². The van der Waals surface area contributed by atoms with Crippen molar-refractivity contribution >= 4 is 26.5 Å². The number of methoxy groups -OCH3 is 1. The minimum absolute atomic E-state index is 0.251. The molecular formula is C25H22N2O3S. The maximum atomic E-state index is 13.2. The van der Waals surface area contributed by atoms with Crippen LogP contribution in [0.15, 0.2) is 95.9 Å². The lowest BCUT2D eigenvalue weighted by atomic mass is 10.0. The van der Waals surface area contributed by atoms with Gasteiger partial charge in [0.1, 0.15) is 5.75 Å². The maximum Gasteiger partial charge on any atom is 0.241 e. The summed E-state index contributed by atoms with van der Waals surface area (Å²) in [6.07, 6.45) is 0. The quantitative estimate of drug-likeness (QED) is 0.450. The summed E-state index contributed by atoms with van der Waals surface area (Å²) < 4.78 is 34.6. The molecule has 0 radical (unpaired) electrons. The van der Waals surface area contributed by atoms with Crippen LogP contribution < -0.4 is 14.8 Å². The highest BCUT2D eigenvalue weighted by Crippen LogP contribution is 2.46. The van der Waals surface area contributed by atoms with Gasteiger partial charge in [0.05, 0.1) is 24.1 Å². The normalized spacial score (nSPS) is 17.6. The van der Waals surface area contributed by atoms with Crippen LogP contribution in [0.5, 0.6) is 5.75 Å². The molecule has 0 bridgehead atoms. The third kappa shape index (κ3) is 3.54. The summed E-state index contributed by atoms with van der Waals surface area (Å²) in [5.74, 6) is 0.767. The van der Waals surface area contributed by atoms with Gasteiger partial charge in [0.2, 0.25) is 10.0 Å². The molecule has 1 aliphatic carbocycles. The van der Waals surface area contributed by atoms with Crippen molar-refractivity contribution in [3.8, 4) is 5.75 Å². The van der Waals surface area contributed by atoms with E-state index in [9.17, 15) is 8.42 Å². The van der Waals surface area contributed by atoms with Gasteiger partial charge in [0.15, 0.2) is 0 Å². The molecule has 5 nitrogen and oxygen atoms in total. The summed E-state index contributed by atoms with van der Waals surface area (Å²) in [5.41, 5.74) is 2.93. The first-order valence-corrected chi connectivity index (χ1v) is 11.5. The first kappa shape index (κ1) is 19.6. The van der Waals surface area contributed by atoms with Gasteiger partial charge in [-0.15, -0.1) is 0 Å². The zero-order valence-corrected chi connectivity index (χ0v) is 17.8. The Morgan fingerprint density at radius 1 is 0.742 bits per heavy atom. The fourth-order valence-electron chi connectivity index (χ4n) is 4.27. The van der Waals surface area contributed by atoms with Crippen molar-refractivity contribution < 1.29 is 13.2 Å². The Kier molecular flexibility index (Phi) is 4.88. The van der Waals surface area contributed by atoms with E-state index in [1.54, 1.807) is 37.4 Å². The number of anilines is 1. The molecule has 2 atom stereocenters. The SMILES string of the molecule is COc1ccc(NC2c3cccc4cccc(c34)C2NS(=O)(=O)c2ccccc2)cc1. The summed E-state index contributed by atoms with van der Waals surface area (Å²) in [6.45, 7) is 0. The van der Waals surface area contributed by atoms with Gasteiger partial charge in [0, 0.05) is 5.69 Å². The van der Waals surface area contributed by atoms with Crippen molar-refractivity contribution in [3.05, 3.63) is 102 Å². The fraction of sp³-hybridized carbons (Fsp3) is 0.120. The zero-order chi connectivity index (χ0) is 21.4. The van der Waals surface area contributed by atoms with E-state index in [1.165, 1.54) is 0 Å². The summed E-state index contributed by atoms with van der Waals surface area (Å²) in [7, 11) is -2.07. The number of nitrogens with one attached hydrogen (secondary N) is 2. The van der Waals surface area contributed by atoms with Crippen molar-refractivity contribution in [3.63, 3.8) is 0 Å². The highest BCUT2D eigenvalue weighted by molar-refractivity contribution is 7.89. The molecular weight excluding hydrogens is 408 g/mol. The van der Waals surface area contributed by atoms with E-state index in [0.717, 1.165) is 33.3 Å². The van der Waals surface area contributed by atoms with Gasteiger partial charge in [-0.2, -0.15) is 0 Å². The Bertz CT molecular complexity index is 1330. The lowest BCUT2D eigenvalue weighted by Gasteiger charge is -2.25. The summed E-state index contributed by atoms with van der Waals surface area (Å²) in [6, 6.07) is 27.6. The Labute approximate surface area is 181 Å². The van der Waals surface area contributed by atoms with Gasteiger partial charge in [-0.25, -0.2) is 13.1 Å². The molecule has 2 unspecified atom stereocenters. The first-order chi connectivity index (χ1) is 15.1. The van der Waals surface area contributed by atoms with Gasteiger partial charge < -0.3 is 10.1 Å². The van der Waals surface area contributed by atoms with Crippen molar-refractivity contribution in [1.82, 2.24) is 4.72 Å². The maximum absolute atomic E-state index is 13.2. The molecule has 0 spiro atoms. The van der Waals surface area contributed by atoms with Crippen molar-refractivity contribution in [2.24, 2.45) is 0 Å². The van der Waals surface area contributed by atoms with E-state index in [0.29, 0.717) is 0 Å². The lowest BCUT2D eigenvalue weighted by Crippen LogP contribution is -2.33. The van der Waals surface area contributed by atoms with E-state index >= 15 is 0 Å². The number of hydrogen-bond acceptors (Lipinski definition) is 4. The van der Waals surface area contributed by atoms with Crippen molar-refractivity contribution in [2.45, 2.75) is 17.0 Å². The van der Waals surface area contributed by atoms with Gasteiger partial charge in [0.25, 0.3) is 0 Å². The van der Waals surface area contributed by atoms with Crippen molar-refractivity contribution in [2.75, 3.05) is 12.4 Å². The molecule has 4 aromatic rings. The molecule has 0 amide bonds. The molecule has 0 aromatic heterocycles. The number of benzene rings is 4. The van der Waals surface area contributed by atoms with Gasteiger partial charge in [-0.05, 0) is 58.3 Å². The van der Waals surface area contributed by atoms with Crippen molar-refractivity contribution in [1.29, 1.82) is 0 Å². The Balaban J connectivity index is 1.57. The second-order valence-corrected chi connectivity index (χ2v) is 9.27. The predicted octanol–water partition coefficient (Wildman–Crippen LogP) is 5.03. The lowest BCUT2D eigenvalue weighted by molar-refractivity contribution is 0.415.